The molecule has 16 heavy (non-hydrogen) atoms. The van der Waals surface area contributed by atoms with Crippen LogP contribution >= 0.6 is 11.8 Å². The van der Waals surface area contributed by atoms with Gasteiger partial charge < -0.3 is 5.32 Å². The number of unbranched alkanes of at least 4 members (excludes halogenated alkanes) is 1. The van der Waals surface area contributed by atoms with Crippen LogP contribution < -0.4 is 5.32 Å². The molecule has 0 aromatic rings. The highest BCUT2D eigenvalue weighted by Crippen LogP contribution is 2.32. The molecular weight excluding hydrogens is 214 g/mol. The summed E-state index contributed by atoms with van der Waals surface area (Å²) < 4.78 is 0. The van der Waals surface area contributed by atoms with Gasteiger partial charge in [-0.15, -0.1) is 0 Å². The second-order valence-electron chi connectivity index (χ2n) is 5.58. The number of hydrogen-bond donors (Lipinski definition) is 1. The van der Waals surface area contributed by atoms with Gasteiger partial charge in [0.1, 0.15) is 0 Å². The van der Waals surface area contributed by atoms with Gasteiger partial charge in [-0.1, -0.05) is 33.6 Å². The zero-order valence-electron chi connectivity index (χ0n) is 11.3. The topological polar surface area (TPSA) is 12.0 Å². The SMILES string of the molecule is CC1CCCC(SCCCCNC(C)C)C1. The minimum Gasteiger partial charge on any atom is -0.315 e. The van der Waals surface area contributed by atoms with Gasteiger partial charge in [-0.25, -0.2) is 0 Å². The van der Waals surface area contributed by atoms with Gasteiger partial charge in [0.15, 0.2) is 0 Å². The molecule has 0 heterocycles. The van der Waals surface area contributed by atoms with E-state index >= 15 is 0 Å². The van der Waals surface area contributed by atoms with Crippen molar-refractivity contribution >= 4 is 11.8 Å². The summed E-state index contributed by atoms with van der Waals surface area (Å²) in [6.07, 6.45) is 8.60. The van der Waals surface area contributed by atoms with E-state index in [0.717, 1.165) is 11.2 Å². The molecule has 2 atom stereocenters. The molecule has 2 heteroatoms. The van der Waals surface area contributed by atoms with E-state index in [-0.39, 0.29) is 0 Å². The maximum atomic E-state index is 3.48. The third-order valence-corrected chi connectivity index (χ3v) is 4.79. The maximum Gasteiger partial charge on any atom is 0.00495 e. The fourth-order valence-corrected chi connectivity index (χ4v) is 3.90. The van der Waals surface area contributed by atoms with E-state index in [1.807, 2.05) is 0 Å². The van der Waals surface area contributed by atoms with Crippen molar-refractivity contribution in [2.45, 2.75) is 70.6 Å². The lowest BCUT2D eigenvalue weighted by Gasteiger charge is -2.26. The Bertz CT molecular complexity index is 170. The first-order valence-corrected chi connectivity index (χ1v) is 8.08. The molecule has 2 unspecified atom stereocenters. The molecular formula is C14H29NS. The lowest BCUT2D eigenvalue weighted by molar-refractivity contribution is 0.394. The molecule has 1 rings (SSSR count). The van der Waals surface area contributed by atoms with Crippen LogP contribution in [0.25, 0.3) is 0 Å². The molecule has 0 aromatic carbocycles. The number of thioether (sulfide) groups is 1. The van der Waals surface area contributed by atoms with Gasteiger partial charge in [0.25, 0.3) is 0 Å². The highest BCUT2D eigenvalue weighted by molar-refractivity contribution is 7.99. The van der Waals surface area contributed by atoms with Crippen molar-refractivity contribution in [1.82, 2.24) is 5.32 Å². The van der Waals surface area contributed by atoms with Gasteiger partial charge in [0, 0.05) is 11.3 Å². The number of nitrogens with one attached hydrogen (secondary N) is 1. The highest BCUT2D eigenvalue weighted by atomic mass is 32.2. The van der Waals surface area contributed by atoms with Crippen molar-refractivity contribution < 1.29 is 0 Å². The Morgan fingerprint density at radius 3 is 2.75 bits per heavy atom. The predicted molar refractivity (Wildman–Crippen MR) is 76.3 cm³/mol. The average molecular weight is 243 g/mol. The van der Waals surface area contributed by atoms with Crippen LogP contribution in [0.15, 0.2) is 0 Å². The van der Waals surface area contributed by atoms with Crippen molar-refractivity contribution in [3.05, 3.63) is 0 Å². The molecule has 96 valence electrons. The maximum absolute atomic E-state index is 3.48. The first-order chi connectivity index (χ1) is 7.68. The number of rotatable bonds is 7. The van der Waals surface area contributed by atoms with E-state index in [1.54, 1.807) is 0 Å². The van der Waals surface area contributed by atoms with E-state index in [1.165, 1.54) is 50.8 Å². The van der Waals surface area contributed by atoms with Gasteiger partial charge >= 0.3 is 0 Å². The third-order valence-electron chi connectivity index (χ3n) is 3.37. The molecule has 0 aromatic heterocycles. The van der Waals surface area contributed by atoms with Crippen molar-refractivity contribution in [3.63, 3.8) is 0 Å². The molecule has 0 radical (unpaired) electrons. The minimum atomic E-state index is 0.645. The number of hydrogen-bond acceptors (Lipinski definition) is 2. The molecule has 1 nitrogen and oxygen atoms in total. The summed E-state index contributed by atoms with van der Waals surface area (Å²) in [7, 11) is 0. The Labute approximate surface area is 106 Å². The van der Waals surface area contributed by atoms with Crippen LogP contribution in [0.3, 0.4) is 0 Å². The van der Waals surface area contributed by atoms with Gasteiger partial charge in [-0.2, -0.15) is 11.8 Å². The summed E-state index contributed by atoms with van der Waals surface area (Å²) in [5.41, 5.74) is 0. The first kappa shape index (κ1) is 14.4. The smallest absolute Gasteiger partial charge is 0.00495 e. The zero-order valence-corrected chi connectivity index (χ0v) is 12.1. The van der Waals surface area contributed by atoms with E-state index in [0.29, 0.717) is 6.04 Å². The van der Waals surface area contributed by atoms with Crippen LogP contribution in [-0.2, 0) is 0 Å². The summed E-state index contributed by atoms with van der Waals surface area (Å²) >= 11 is 2.23. The molecule has 0 bridgehead atoms. The Morgan fingerprint density at radius 2 is 2.06 bits per heavy atom. The van der Waals surface area contributed by atoms with E-state index in [4.69, 9.17) is 0 Å². The summed E-state index contributed by atoms with van der Waals surface area (Å²) in [5, 5.41) is 4.46. The second-order valence-corrected chi connectivity index (χ2v) is 6.99. The van der Waals surface area contributed by atoms with Gasteiger partial charge in [-0.05, 0) is 43.9 Å². The summed E-state index contributed by atoms with van der Waals surface area (Å²) in [6.45, 7) is 8.05. The van der Waals surface area contributed by atoms with Crippen LogP contribution in [-0.4, -0.2) is 23.6 Å². The third kappa shape index (κ3) is 6.80. The van der Waals surface area contributed by atoms with Crippen LogP contribution in [0.2, 0.25) is 0 Å². The first-order valence-electron chi connectivity index (χ1n) is 7.03. The van der Waals surface area contributed by atoms with Crippen LogP contribution in [0.5, 0.6) is 0 Å². The van der Waals surface area contributed by atoms with Crippen LogP contribution in [0.4, 0.5) is 0 Å². The molecule has 1 N–H and O–H groups in total. The predicted octanol–water partition coefficient (Wildman–Crippen LogP) is 4.08. The second kappa shape index (κ2) is 8.41. The molecule has 1 aliphatic carbocycles. The van der Waals surface area contributed by atoms with Crippen molar-refractivity contribution in [3.8, 4) is 0 Å². The molecule has 0 amide bonds. The molecule has 1 aliphatic rings. The Balaban J connectivity index is 1.90. The van der Waals surface area contributed by atoms with Crippen LogP contribution in [0.1, 0.15) is 59.3 Å². The van der Waals surface area contributed by atoms with Gasteiger partial charge in [0.2, 0.25) is 0 Å². The molecule has 1 fully saturated rings. The standard InChI is InChI=1S/C14H29NS/c1-12(2)15-9-4-5-10-16-14-8-6-7-13(3)11-14/h12-15H,4-11H2,1-3H3. The largest absolute Gasteiger partial charge is 0.315 e. The lowest BCUT2D eigenvalue weighted by atomic mass is 9.91. The van der Waals surface area contributed by atoms with E-state index in [2.05, 4.69) is 37.8 Å². The van der Waals surface area contributed by atoms with Crippen molar-refractivity contribution in [2.75, 3.05) is 12.3 Å². The summed E-state index contributed by atoms with van der Waals surface area (Å²) in [5.74, 6) is 2.35. The summed E-state index contributed by atoms with van der Waals surface area (Å²) in [6, 6.07) is 0.645. The molecule has 1 saturated carbocycles. The van der Waals surface area contributed by atoms with Gasteiger partial charge in [-0.3, -0.25) is 0 Å². The molecule has 0 aliphatic heterocycles. The van der Waals surface area contributed by atoms with E-state index in [9.17, 15) is 0 Å². The Morgan fingerprint density at radius 1 is 1.25 bits per heavy atom. The Hall–Kier alpha value is 0.310. The van der Waals surface area contributed by atoms with Crippen molar-refractivity contribution in [1.29, 1.82) is 0 Å². The zero-order chi connectivity index (χ0) is 11.8. The lowest BCUT2D eigenvalue weighted by Crippen LogP contribution is -2.23. The summed E-state index contributed by atoms with van der Waals surface area (Å²) in [4.78, 5) is 0. The average Bonchev–Trinajstić information content (AvgIpc) is 2.23. The van der Waals surface area contributed by atoms with Crippen molar-refractivity contribution in [2.24, 2.45) is 5.92 Å². The molecule has 0 spiro atoms. The van der Waals surface area contributed by atoms with E-state index < -0.39 is 0 Å². The normalized spacial score (nSPS) is 26.2. The molecule has 0 saturated heterocycles. The quantitative estimate of drug-likeness (QED) is 0.676. The fourth-order valence-electron chi connectivity index (χ4n) is 2.40. The Kier molecular flexibility index (Phi) is 7.55. The highest BCUT2D eigenvalue weighted by Gasteiger charge is 2.18. The van der Waals surface area contributed by atoms with Crippen LogP contribution in [0, 0.1) is 5.92 Å². The monoisotopic (exact) mass is 243 g/mol. The fraction of sp³-hybridized carbons (Fsp3) is 1.00. The van der Waals surface area contributed by atoms with Gasteiger partial charge in [0.05, 0.1) is 0 Å². The minimum absolute atomic E-state index is 0.645.